The fraction of sp³-hybridized carbons (Fsp3) is 0.333. The third kappa shape index (κ3) is 2.74. The Morgan fingerprint density at radius 1 is 1.22 bits per heavy atom. The van der Waals surface area contributed by atoms with Gasteiger partial charge in [-0.25, -0.2) is 0 Å². The minimum atomic E-state index is -0.181. The Balaban J connectivity index is 2.25. The summed E-state index contributed by atoms with van der Waals surface area (Å²) < 4.78 is 11.0. The average Bonchev–Trinajstić information content (AvgIpc) is 2.74. The summed E-state index contributed by atoms with van der Waals surface area (Å²) in [5.41, 5.74) is 8.28. The highest BCUT2D eigenvalue weighted by Gasteiger charge is 2.14. The Hall–Kier alpha value is -1.74. The molecule has 18 heavy (non-hydrogen) atoms. The van der Waals surface area contributed by atoms with Gasteiger partial charge in [0.05, 0.1) is 18.4 Å². The molecule has 2 rings (SSSR count). The Morgan fingerprint density at radius 3 is 2.61 bits per heavy atom. The van der Waals surface area contributed by atoms with E-state index in [0.717, 1.165) is 22.6 Å². The van der Waals surface area contributed by atoms with Crippen LogP contribution in [-0.2, 0) is 0 Å². The molecule has 0 spiro atoms. The zero-order valence-electron chi connectivity index (χ0n) is 11.0. The van der Waals surface area contributed by atoms with E-state index in [4.69, 9.17) is 14.9 Å². The van der Waals surface area contributed by atoms with E-state index in [0.29, 0.717) is 0 Å². The number of ether oxygens (including phenoxy) is 1. The van der Waals surface area contributed by atoms with Gasteiger partial charge < -0.3 is 14.9 Å². The second-order valence-electron chi connectivity index (χ2n) is 4.65. The summed E-state index contributed by atoms with van der Waals surface area (Å²) in [5.74, 6) is 1.71. The third-order valence-corrected chi connectivity index (χ3v) is 2.82. The van der Waals surface area contributed by atoms with Gasteiger partial charge in [-0.3, -0.25) is 0 Å². The molecule has 1 heterocycles. The van der Waals surface area contributed by atoms with E-state index in [1.165, 1.54) is 0 Å². The fourth-order valence-corrected chi connectivity index (χ4v) is 1.95. The summed E-state index contributed by atoms with van der Waals surface area (Å²) in [5, 5.41) is 0. The molecular formula is C15H19NO2. The predicted octanol–water partition coefficient (Wildman–Crippen LogP) is 3.42. The topological polar surface area (TPSA) is 48.4 Å². The number of benzene rings is 1. The molecule has 3 heteroatoms. The van der Waals surface area contributed by atoms with E-state index in [2.05, 4.69) is 0 Å². The lowest BCUT2D eigenvalue weighted by atomic mass is 10.00. The van der Waals surface area contributed by atoms with Crippen LogP contribution in [0.1, 0.15) is 36.8 Å². The van der Waals surface area contributed by atoms with E-state index in [1.807, 2.05) is 51.1 Å². The maximum atomic E-state index is 6.25. The molecular weight excluding hydrogens is 226 g/mol. The van der Waals surface area contributed by atoms with Gasteiger partial charge in [0.25, 0.3) is 0 Å². The Labute approximate surface area is 108 Å². The van der Waals surface area contributed by atoms with Gasteiger partial charge in [0.2, 0.25) is 0 Å². The van der Waals surface area contributed by atoms with Crippen molar-refractivity contribution in [2.75, 3.05) is 0 Å². The van der Waals surface area contributed by atoms with Crippen LogP contribution in [0.2, 0.25) is 0 Å². The number of furan rings is 1. The molecule has 0 fully saturated rings. The summed E-state index contributed by atoms with van der Waals surface area (Å²) in [6.45, 7) is 5.93. The SMILES string of the molecule is Cc1occc1C(N)c1cccc(OC(C)C)c1. The van der Waals surface area contributed by atoms with Crippen LogP contribution >= 0.6 is 0 Å². The maximum Gasteiger partial charge on any atom is 0.120 e. The van der Waals surface area contributed by atoms with Gasteiger partial charge in [-0.05, 0) is 44.5 Å². The summed E-state index contributed by atoms with van der Waals surface area (Å²) >= 11 is 0. The molecule has 0 aliphatic carbocycles. The van der Waals surface area contributed by atoms with Crippen LogP contribution in [0.4, 0.5) is 0 Å². The van der Waals surface area contributed by atoms with Crippen LogP contribution in [0, 0.1) is 6.92 Å². The molecule has 1 atom stereocenters. The van der Waals surface area contributed by atoms with Crippen molar-refractivity contribution in [3.63, 3.8) is 0 Å². The first-order valence-electron chi connectivity index (χ1n) is 6.14. The molecule has 96 valence electrons. The van der Waals surface area contributed by atoms with Crippen LogP contribution in [0.3, 0.4) is 0 Å². The number of hydrogen-bond acceptors (Lipinski definition) is 3. The number of rotatable bonds is 4. The molecule has 3 nitrogen and oxygen atoms in total. The average molecular weight is 245 g/mol. The highest BCUT2D eigenvalue weighted by molar-refractivity contribution is 5.37. The van der Waals surface area contributed by atoms with Crippen LogP contribution < -0.4 is 10.5 Å². The summed E-state index contributed by atoms with van der Waals surface area (Å²) in [7, 11) is 0. The standard InChI is InChI=1S/C15H19NO2/c1-10(2)18-13-6-4-5-12(9-13)15(16)14-7-8-17-11(14)3/h4-10,15H,16H2,1-3H3. The van der Waals surface area contributed by atoms with Gasteiger partial charge >= 0.3 is 0 Å². The van der Waals surface area contributed by atoms with Crippen molar-refractivity contribution >= 4 is 0 Å². The molecule has 1 aromatic heterocycles. The van der Waals surface area contributed by atoms with Crippen LogP contribution in [0.25, 0.3) is 0 Å². The smallest absolute Gasteiger partial charge is 0.120 e. The summed E-state index contributed by atoms with van der Waals surface area (Å²) in [6, 6.07) is 9.62. The maximum absolute atomic E-state index is 6.25. The third-order valence-electron chi connectivity index (χ3n) is 2.82. The number of hydrogen-bond donors (Lipinski definition) is 1. The predicted molar refractivity (Wildman–Crippen MR) is 71.7 cm³/mol. The molecule has 2 N–H and O–H groups in total. The van der Waals surface area contributed by atoms with E-state index in [1.54, 1.807) is 6.26 Å². The van der Waals surface area contributed by atoms with Gasteiger partial charge in [0, 0.05) is 5.56 Å². The number of nitrogens with two attached hydrogens (primary N) is 1. The van der Waals surface area contributed by atoms with E-state index < -0.39 is 0 Å². The molecule has 0 amide bonds. The Morgan fingerprint density at radius 2 is 2.00 bits per heavy atom. The minimum Gasteiger partial charge on any atom is -0.491 e. The lowest BCUT2D eigenvalue weighted by molar-refractivity contribution is 0.242. The highest BCUT2D eigenvalue weighted by atomic mass is 16.5. The molecule has 1 aromatic carbocycles. The molecule has 2 aromatic rings. The lowest BCUT2D eigenvalue weighted by Crippen LogP contribution is -2.13. The molecule has 0 aliphatic rings. The second-order valence-corrected chi connectivity index (χ2v) is 4.65. The molecule has 0 saturated heterocycles. The first kappa shape index (κ1) is 12.7. The van der Waals surface area contributed by atoms with Crippen molar-refractivity contribution in [3.05, 3.63) is 53.5 Å². The van der Waals surface area contributed by atoms with E-state index >= 15 is 0 Å². The van der Waals surface area contributed by atoms with Crippen molar-refractivity contribution in [2.45, 2.75) is 32.9 Å². The molecule has 0 aliphatic heterocycles. The van der Waals surface area contributed by atoms with Gasteiger partial charge in [-0.1, -0.05) is 12.1 Å². The Kier molecular flexibility index (Phi) is 3.72. The van der Waals surface area contributed by atoms with Crippen LogP contribution in [0.15, 0.2) is 41.0 Å². The zero-order valence-corrected chi connectivity index (χ0v) is 11.0. The minimum absolute atomic E-state index is 0.159. The second kappa shape index (κ2) is 5.27. The van der Waals surface area contributed by atoms with Gasteiger partial charge in [-0.2, -0.15) is 0 Å². The molecule has 1 unspecified atom stereocenters. The Bertz CT molecular complexity index is 517. The zero-order chi connectivity index (χ0) is 13.1. The highest BCUT2D eigenvalue weighted by Crippen LogP contribution is 2.26. The van der Waals surface area contributed by atoms with Crippen LogP contribution in [0.5, 0.6) is 5.75 Å². The van der Waals surface area contributed by atoms with E-state index in [-0.39, 0.29) is 12.1 Å². The number of aryl methyl sites for hydroxylation is 1. The van der Waals surface area contributed by atoms with Gasteiger partial charge in [0.1, 0.15) is 11.5 Å². The van der Waals surface area contributed by atoms with Gasteiger partial charge in [-0.15, -0.1) is 0 Å². The monoisotopic (exact) mass is 245 g/mol. The van der Waals surface area contributed by atoms with Crippen molar-refractivity contribution in [3.8, 4) is 5.75 Å². The van der Waals surface area contributed by atoms with Gasteiger partial charge in [0.15, 0.2) is 0 Å². The van der Waals surface area contributed by atoms with Crippen molar-refractivity contribution in [2.24, 2.45) is 5.73 Å². The lowest BCUT2D eigenvalue weighted by Gasteiger charge is -2.14. The molecule has 0 bridgehead atoms. The van der Waals surface area contributed by atoms with E-state index in [9.17, 15) is 0 Å². The normalized spacial score (nSPS) is 12.7. The largest absolute Gasteiger partial charge is 0.491 e. The quantitative estimate of drug-likeness (QED) is 0.897. The molecule has 0 saturated carbocycles. The summed E-state index contributed by atoms with van der Waals surface area (Å²) in [6.07, 6.45) is 1.83. The van der Waals surface area contributed by atoms with Crippen molar-refractivity contribution < 1.29 is 9.15 Å². The first-order chi connectivity index (χ1) is 8.58. The van der Waals surface area contributed by atoms with Crippen LogP contribution in [-0.4, -0.2) is 6.10 Å². The molecule has 0 radical (unpaired) electrons. The summed E-state index contributed by atoms with van der Waals surface area (Å²) in [4.78, 5) is 0. The van der Waals surface area contributed by atoms with Crippen molar-refractivity contribution in [1.29, 1.82) is 0 Å². The fourth-order valence-electron chi connectivity index (χ4n) is 1.95. The van der Waals surface area contributed by atoms with Crippen molar-refractivity contribution in [1.82, 2.24) is 0 Å². The first-order valence-corrected chi connectivity index (χ1v) is 6.14.